The summed E-state index contributed by atoms with van der Waals surface area (Å²) in [5.41, 5.74) is 1.74. The van der Waals surface area contributed by atoms with Gasteiger partial charge >= 0.3 is 0 Å². The molecule has 0 saturated carbocycles. The molecule has 24 heavy (non-hydrogen) atoms. The maximum atomic E-state index is 12.2. The first-order valence-corrected chi connectivity index (χ1v) is 8.29. The van der Waals surface area contributed by atoms with Gasteiger partial charge in [0.05, 0.1) is 0 Å². The Hall–Kier alpha value is -2.11. The Labute approximate surface area is 148 Å². The number of aromatic nitrogens is 1. The lowest BCUT2D eigenvalue weighted by atomic mass is 10.1. The van der Waals surface area contributed by atoms with E-state index in [9.17, 15) is 4.79 Å². The van der Waals surface area contributed by atoms with Crippen molar-refractivity contribution in [1.29, 1.82) is 0 Å². The second-order valence-electron chi connectivity index (χ2n) is 5.79. The van der Waals surface area contributed by atoms with Crippen molar-refractivity contribution in [2.75, 3.05) is 39.0 Å². The Balaban J connectivity index is 1.82. The summed E-state index contributed by atoms with van der Waals surface area (Å²) in [4.78, 5) is 18.5. The zero-order valence-corrected chi connectivity index (χ0v) is 14.8. The van der Waals surface area contributed by atoms with Gasteiger partial charge in [-0.25, -0.2) is 4.98 Å². The molecule has 1 heterocycles. The normalized spacial score (nSPS) is 10.7. The summed E-state index contributed by atoms with van der Waals surface area (Å²) in [6, 6.07) is 11.1. The molecular weight excluding hydrogens is 324 g/mol. The number of likely N-dealkylation sites (N-methyl/N-ethyl adjacent to an activating group) is 1. The summed E-state index contributed by atoms with van der Waals surface area (Å²) < 4.78 is 0. The summed E-state index contributed by atoms with van der Waals surface area (Å²) in [5, 5.41) is 6.86. The molecule has 0 saturated heterocycles. The number of hydrogen-bond acceptors (Lipinski definition) is 4. The van der Waals surface area contributed by atoms with E-state index in [4.69, 9.17) is 11.6 Å². The molecule has 0 aliphatic carbocycles. The molecule has 0 fully saturated rings. The number of carbonyl (C=O) groups excluding carboxylic acids is 1. The Morgan fingerprint density at radius 2 is 1.92 bits per heavy atom. The minimum atomic E-state index is -0.0953. The van der Waals surface area contributed by atoms with Crippen molar-refractivity contribution >= 4 is 23.3 Å². The van der Waals surface area contributed by atoms with Gasteiger partial charge in [-0.1, -0.05) is 23.7 Å². The van der Waals surface area contributed by atoms with E-state index < -0.39 is 0 Å². The van der Waals surface area contributed by atoms with Crippen molar-refractivity contribution in [3.63, 3.8) is 0 Å². The Morgan fingerprint density at radius 3 is 2.62 bits per heavy atom. The van der Waals surface area contributed by atoms with Crippen molar-refractivity contribution in [3.8, 4) is 0 Å². The highest BCUT2D eigenvalue weighted by atomic mass is 35.5. The van der Waals surface area contributed by atoms with Crippen LogP contribution in [0.25, 0.3) is 0 Å². The van der Waals surface area contributed by atoms with Crippen LogP contribution < -0.4 is 10.6 Å². The maximum Gasteiger partial charge on any atom is 0.251 e. The van der Waals surface area contributed by atoms with Crippen LogP contribution >= 0.6 is 11.6 Å². The van der Waals surface area contributed by atoms with Crippen molar-refractivity contribution in [1.82, 2.24) is 15.2 Å². The standard InChI is InChI=1S/C18H23ClN4O/c1-23(2)12-11-21-17-13-15(8-10-20-17)18(24)22-9-7-14-3-5-16(19)6-4-14/h3-6,8,10,13H,7,9,11-12H2,1-2H3,(H,20,21)(H,22,24). The van der Waals surface area contributed by atoms with Crippen LogP contribution in [0.4, 0.5) is 5.82 Å². The van der Waals surface area contributed by atoms with Gasteiger partial charge in [0.15, 0.2) is 0 Å². The zero-order valence-electron chi connectivity index (χ0n) is 14.1. The predicted octanol–water partition coefficient (Wildman–Crippen LogP) is 2.68. The monoisotopic (exact) mass is 346 g/mol. The van der Waals surface area contributed by atoms with E-state index in [1.807, 2.05) is 38.4 Å². The first-order valence-electron chi connectivity index (χ1n) is 7.92. The summed E-state index contributed by atoms with van der Waals surface area (Å²) in [5.74, 6) is 0.615. The van der Waals surface area contributed by atoms with Crippen LogP contribution in [-0.4, -0.2) is 49.5 Å². The number of carbonyl (C=O) groups is 1. The van der Waals surface area contributed by atoms with Crippen LogP contribution in [0.3, 0.4) is 0 Å². The van der Waals surface area contributed by atoms with E-state index in [2.05, 4.69) is 20.5 Å². The molecule has 2 rings (SSSR count). The van der Waals surface area contributed by atoms with Crippen molar-refractivity contribution < 1.29 is 4.79 Å². The fourth-order valence-corrected chi connectivity index (χ4v) is 2.28. The van der Waals surface area contributed by atoms with Crippen LogP contribution in [0.5, 0.6) is 0 Å². The van der Waals surface area contributed by atoms with Gasteiger partial charge < -0.3 is 15.5 Å². The molecule has 6 heteroatoms. The number of halogens is 1. The SMILES string of the molecule is CN(C)CCNc1cc(C(=O)NCCc2ccc(Cl)cc2)ccn1. The lowest BCUT2D eigenvalue weighted by molar-refractivity contribution is 0.0954. The fourth-order valence-electron chi connectivity index (χ4n) is 2.15. The number of benzene rings is 1. The van der Waals surface area contributed by atoms with Crippen molar-refractivity contribution in [3.05, 3.63) is 58.7 Å². The summed E-state index contributed by atoms with van der Waals surface area (Å²) >= 11 is 5.86. The molecule has 0 bridgehead atoms. The quantitative estimate of drug-likeness (QED) is 0.771. The van der Waals surface area contributed by atoms with E-state index in [1.54, 1.807) is 18.3 Å². The van der Waals surface area contributed by atoms with Crippen molar-refractivity contribution in [2.24, 2.45) is 0 Å². The molecule has 0 unspecified atom stereocenters. The number of anilines is 1. The number of amides is 1. The number of rotatable bonds is 8. The minimum Gasteiger partial charge on any atom is -0.369 e. The largest absolute Gasteiger partial charge is 0.369 e. The highest BCUT2D eigenvalue weighted by Crippen LogP contribution is 2.10. The molecule has 0 aliphatic heterocycles. The third-order valence-corrected chi connectivity index (χ3v) is 3.75. The zero-order chi connectivity index (χ0) is 17.4. The van der Waals surface area contributed by atoms with Gasteiger partial charge in [-0.2, -0.15) is 0 Å². The molecule has 5 nitrogen and oxygen atoms in total. The van der Waals surface area contributed by atoms with Gasteiger partial charge in [-0.05, 0) is 50.3 Å². The summed E-state index contributed by atoms with van der Waals surface area (Å²) in [6.07, 6.45) is 2.41. The Bertz CT molecular complexity index is 658. The third kappa shape index (κ3) is 6.18. The van der Waals surface area contributed by atoms with Crippen molar-refractivity contribution in [2.45, 2.75) is 6.42 Å². The van der Waals surface area contributed by atoms with Crippen LogP contribution in [0, 0.1) is 0 Å². The first-order chi connectivity index (χ1) is 11.5. The Morgan fingerprint density at radius 1 is 1.17 bits per heavy atom. The van der Waals surface area contributed by atoms with Gasteiger partial charge in [0, 0.05) is 36.4 Å². The van der Waals surface area contributed by atoms with Gasteiger partial charge in [-0.15, -0.1) is 0 Å². The van der Waals surface area contributed by atoms with E-state index in [-0.39, 0.29) is 5.91 Å². The van der Waals surface area contributed by atoms with Crippen LogP contribution in [0.15, 0.2) is 42.6 Å². The van der Waals surface area contributed by atoms with Crippen LogP contribution in [0.1, 0.15) is 15.9 Å². The maximum absolute atomic E-state index is 12.2. The second kappa shape index (κ2) is 9.25. The molecule has 2 aromatic rings. The highest BCUT2D eigenvalue weighted by molar-refractivity contribution is 6.30. The van der Waals surface area contributed by atoms with Crippen LogP contribution in [-0.2, 0) is 6.42 Å². The number of nitrogens with zero attached hydrogens (tertiary/aromatic N) is 2. The lowest BCUT2D eigenvalue weighted by Gasteiger charge is -2.11. The Kier molecular flexibility index (Phi) is 7.03. The molecule has 1 aromatic heterocycles. The third-order valence-electron chi connectivity index (χ3n) is 3.50. The smallest absolute Gasteiger partial charge is 0.251 e. The van der Waals surface area contributed by atoms with E-state index in [0.29, 0.717) is 22.9 Å². The average molecular weight is 347 g/mol. The molecule has 1 aromatic carbocycles. The predicted molar refractivity (Wildman–Crippen MR) is 98.8 cm³/mol. The van der Waals surface area contributed by atoms with E-state index in [0.717, 1.165) is 25.1 Å². The highest BCUT2D eigenvalue weighted by Gasteiger charge is 2.06. The topological polar surface area (TPSA) is 57.3 Å². The van der Waals surface area contributed by atoms with Gasteiger partial charge in [0.1, 0.15) is 5.82 Å². The van der Waals surface area contributed by atoms with E-state index >= 15 is 0 Å². The van der Waals surface area contributed by atoms with Gasteiger partial charge in [0.2, 0.25) is 0 Å². The second-order valence-corrected chi connectivity index (χ2v) is 6.23. The molecule has 0 spiro atoms. The first kappa shape index (κ1) is 18.2. The lowest BCUT2D eigenvalue weighted by Crippen LogP contribution is -2.26. The molecule has 0 aliphatic rings. The molecule has 128 valence electrons. The van der Waals surface area contributed by atoms with Gasteiger partial charge in [0.25, 0.3) is 5.91 Å². The molecule has 1 amide bonds. The fraction of sp³-hybridized carbons (Fsp3) is 0.333. The molecule has 2 N–H and O–H groups in total. The molecule has 0 atom stereocenters. The summed E-state index contributed by atoms with van der Waals surface area (Å²) in [6.45, 7) is 2.26. The number of hydrogen-bond donors (Lipinski definition) is 2. The molecule has 0 radical (unpaired) electrons. The van der Waals surface area contributed by atoms with E-state index in [1.165, 1.54) is 0 Å². The van der Waals surface area contributed by atoms with Crippen LogP contribution in [0.2, 0.25) is 5.02 Å². The molecular formula is C18H23ClN4O. The minimum absolute atomic E-state index is 0.0953. The van der Waals surface area contributed by atoms with Gasteiger partial charge in [-0.3, -0.25) is 4.79 Å². The number of pyridine rings is 1. The summed E-state index contributed by atoms with van der Waals surface area (Å²) in [7, 11) is 4.03. The average Bonchev–Trinajstić information content (AvgIpc) is 2.56. The number of nitrogens with one attached hydrogen (secondary N) is 2.